The SMILES string of the molecule is CCCCCCCCc1nn[nH]c(=O)c1CCCCCCCC. The van der Waals surface area contributed by atoms with Crippen LogP contribution in [0.3, 0.4) is 0 Å². The highest BCUT2D eigenvalue weighted by molar-refractivity contribution is 5.15. The lowest BCUT2D eigenvalue weighted by Gasteiger charge is -2.07. The van der Waals surface area contributed by atoms with E-state index in [1.54, 1.807) is 0 Å². The predicted molar refractivity (Wildman–Crippen MR) is 96.8 cm³/mol. The number of aryl methyl sites for hydroxylation is 1. The third-order valence-electron chi connectivity index (χ3n) is 4.49. The van der Waals surface area contributed by atoms with Crippen molar-refractivity contribution in [3.05, 3.63) is 21.6 Å². The highest BCUT2D eigenvalue weighted by Gasteiger charge is 2.09. The van der Waals surface area contributed by atoms with Gasteiger partial charge in [-0.1, -0.05) is 83.3 Å². The molecule has 0 aliphatic rings. The van der Waals surface area contributed by atoms with Gasteiger partial charge in [-0.3, -0.25) is 4.79 Å². The molecule has 132 valence electrons. The first-order chi connectivity index (χ1) is 11.3. The van der Waals surface area contributed by atoms with Crippen molar-refractivity contribution in [3.8, 4) is 0 Å². The van der Waals surface area contributed by atoms with Gasteiger partial charge in [0.2, 0.25) is 0 Å². The van der Waals surface area contributed by atoms with Crippen molar-refractivity contribution in [1.82, 2.24) is 15.4 Å². The van der Waals surface area contributed by atoms with Crippen molar-refractivity contribution in [2.75, 3.05) is 0 Å². The molecule has 4 nitrogen and oxygen atoms in total. The third kappa shape index (κ3) is 8.87. The maximum Gasteiger partial charge on any atom is 0.270 e. The standard InChI is InChI=1S/C19H35N3O/c1-3-5-7-9-11-13-15-17-18(20-22-21-19(17)23)16-14-12-10-8-6-4-2/h3-16H2,1-2H3,(H,20,21,23). The van der Waals surface area contributed by atoms with E-state index in [2.05, 4.69) is 29.3 Å². The summed E-state index contributed by atoms with van der Waals surface area (Å²) < 4.78 is 0. The summed E-state index contributed by atoms with van der Waals surface area (Å²) in [4.78, 5) is 12.0. The molecule has 0 amide bonds. The Morgan fingerprint density at radius 3 is 1.87 bits per heavy atom. The van der Waals surface area contributed by atoms with E-state index in [9.17, 15) is 4.79 Å². The van der Waals surface area contributed by atoms with Crippen molar-refractivity contribution in [2.45, 2.75) is 104 Å². The van der Waals surface area contributed by atoms with Crippen molar-refractivity contribution < 1.29 is 0 Å². The molecule has 0 spiro atoms. The van der Waals surface area contributed by atoms with Crippen LogP contribution in [0.5, 0.6) is 0 Å². The van der Waals surface area contributed by atoms with Crippen LogP contribution in [0.25, 0.3) is 0 Å². The minimum atomic E-state index is -0.0328. The Balaban J connectivity index is 2.35. The molecule has 0 bridgehead atoms. The highest BCUT2D eigenvalue weighted by Crippen LogP contribution is 2.12. The molecule has 0 radical (unpaired) electrons. The Hall–Kier alpha value is -1.19. The topological polar surface area (TPSA) is 58.6 Å². The van der Waals surface area contributed by atoms with Crippen molar-refractivity contribution in [1.29, 1.82) is 0 Å². The second-order valence-electron chi connectivity index (χ2n) is 6.60. The molecule has 1 N–H and O–H groups in total. The maximum atomic E-state index is 12.0. The van der Waals surface area contributed by atoms with Gasteiger partial charge in [0.15, 0.2) is 0 Å². The van der Waals surface area contributed by atoms with Crippen LogP contribution in [-0.4, -0.2) is 15.4 Å². The number of hydrogen-bond acceptors (Lipinski definition) is 3. The van der Waals surface area contributed by atoms with E-state index in [1.165, 1.54) is 64.2 Å². The van der Waals surface area contributed by atoms with Gasteiger partial charge < -0.3 is 0 Å². The number of rotatable bonds is 14. The highest BCUT2D eigenvalue weighted by atomic mass is 16.1. The maximum absolute atomic E-state index is 12.0. The number of H-pyrrole nitrogens is 1. The summed E-state index contributed by atoms with van der Waals surface area (Å²) >= 11 is 0. The van der Waals surface area contributed by atoms with Crippen LogP contribution < -0.4 is 5.56 Å². The lowest BCUT2D eigenvalue weighted by atomic mass is 10.0. The quantitative estimate of drug-likeness (QED) is 0.492. The van der Waals surface area contributed by atoms with Crippen LogP contribution in [0.4, 0.5) is 0 Å². The van der Waals surface area contributed by atoms with Gasteiger partial charge in [-0.15, -0.1) is 5.10 Å². The summed E-state index contributed by atoms with van der Waals surface area (Å²) in [6.07, 6.45) is 16.8. The molecule has 1 heterocycles. The fourth-order valence-electron chi connectivity index (χ4n) is 3.00. The molecule has 0 fully saturated rings. The van der Waals surface area contributed by atoms with Crippen molar-refractivity contribution in [2.24, 2.45) is 0 Å². The Morgan fingerprint density at radius 2 is 1.26 bits per heavy atom. The second kappa shape index (κ2) is 13.3. The number of aromatic amines is 1. The van der Waals surface area contributed by atoms with Gasteiger partial charge in [-0.25, -0.2) is 5.10 Å². The first kappa shape index (κ1) is 19.9. The van der Waals surface area contributed by atoms with E-state index >= 15 is 0 Å². The molecule has 23 heavy (non-hydrogen) atoms. The Kier molecular flexibility index (Phi) is 11.5. The first-order valence-electron chi connectivity index (χ1n) is 9.72. The number of unbranched alkanes of at least 4 members (excludes halogenated alkanes) is 10. The summed E-state index contributed by atoms with van der Waals surface area (Å²) in [6.45, 7) is 4.47. The summed E-state index contributed by atoms with van der Waals surface area (Å²) in [6, 6.07) is 0. The second-order valence-corrected chi connectivity index (χ2v) is 6.60. The Bertz CT molecular complexity index is 456. The molecule has 1 aromatic heterocycles. The van der Waals surface area contributed by atoms with Crippen LogP contribution in [0.1, 0.15) is 102 Å². The van der Waals surface area contributed by atoms with E-state index in [-0.39, 0.29) is 5.56 Å². The third-order valence-corrected chi connectivity index (χ3v) is 4.49. The molecule has 1 aromatic rings. The molecule has 0 unspecified atom stereocenters. The fraction of sp³-hybridized carbons (Fsp3) is 0.842. The molecule has 0 saturated carbocycles. The van der Waals surface area contributed by atoms with Crippen molar-refractivity contribution >= 4 is 0 Å². The molecule has 0 aromatic carbocycles. The molecule has 0 atom stereocenters. The fourth-order valence-corrected chi connectivity index (χ4v) is 3.00. The van der Waals surface area contributed by atoms with Gasteiger partial charge in [0, 0.05) is 5.56 Å². The minimum absolute atomic E-state index is 0.0328. The van der Waals surface area contributed by atoms with Crippen molar-refractivity contribution in [3.63, 3.8) is 0 Å². The lowest BCUT2D eigenvalue weighted by molar-refractivity contribution is 0.587. The van der Waals surface area contributed by atoms with Crippen LogP contribution in [0.15, 0.2) is 4.79 Å². The van der Waals surface area contributed by atoms with E-state index in [1.807, 2.05) is 0 Å². The zero-order valence-electron chi connectivity index (χ0n) is 15.2. The summed E-state index contributed by atoms with van der Waals surface area (Å²) in [7, 11) is 0. The lowest BCUT2D eigenvalue weighted by Crippen LogP contribution is -2.19. The average Bonchev–Trinajstić information content (AvgIpc) is 2.56. The average molecular weight is 322 g/mol. The number of hydrogen-bond donors (Lipinski definition) is 1. The summed E-state index contributed by atoms with van der Waals surface area (Å²) in [5.41, 5.74) is 1.77. The molecular weight excluding hydrogens is 286 g/mol. The van der Waals surface area contributed by atoms with E-state index < -0.39 is 0 Å². The largest absolute Gasteiger partial charge is 0.270 e. The molecule has 0 aliphatic carbocycles. The van der Waals surface area contributed by atoms with Crippen LogP contribution >= 0.6 is 0 Å². The zero-order chi connectivity index (χ0) is 16.8. The van der Waals surface area contributed by atoms with Gasteiger partial charge >= 0.3 is 0 Å². The first-order valence-corrected chi connectivity index (χ1v) is 9.72. The summed E-state index contributed by atoms with van der Waals surface area (Å²) in [5.74, 6) is 0. The van der Waals surface area contributed by atoms with E-state index in [0.29, 0.717) is 0 Å². The van der Waals surface area contributed by atoms with Crippen LogP contribution in [0.2, 0.25) is 0 Å². The number of aromatic nitrogens is 3. The molecule has 0 aliphatic heterocycles. The molecule has 1 rings (SSSR count). The Labute approximate surface area is 141 Å². The molecule has 0 saturated heterocycles. The van der Waals surface area contributed by atoms with Gasteiger partial charge in [-0.2, -0.15) is 0 Å². The van der Waals surface area contributed by atoms with Gasteiger partial charge in [0.25, 0.3) is 5.56 Å². The summed E-state index contributed by atoms with van der Waals surface area (Å²) in [5, 5.41) is 10.5. The predicted octanol–water partition coefficient (Wildman–Crippen LogP) is 4.97. The minimum Gasteiger partial charge on any atom is -0.268 e. The van der Waals surface area contributed by atoms with Gasteiger partial charge in [0.05, 0.1) is 5.69 Å². The number of nitrogens with one attached hydrogen (secondary N) is 1. The van der Waals surface area contributed by atoms with E-state index in [4.69, 9.17) is 0 Å². The normalized spacial score (nSPS) is 11.0. The monoisotopic (exact) mass is 321 g/mol. The van der Waals surface area contributed by atoms with E-state index in [0.717, 1.165) is 36.9 Å². The van der Waals surface area contributed by atoms with Gasteiger partial charge in [-0.05, 0) is 25.7 Å². The smallest absolute Gasteiger partial charge is 0.268 e. The van der Waals surface area contributed by atoms with Crippen LogP contribution in [-0.2, 0) is 12.8 Å². The number of nitrogens with zero attached hydrogens (tertiary/aromatic N) is 2. The molecule has 4 heteroatoms. The molecular formula is C19H35N3O. The zero-order valence-corrected chi connectivity index (χ0v) is 15.2. The Morgan fingerprint density at radius 1 is 0.739 bits per heavy atom. The van der Waals surface area contributed by atoms with Crippen LogP contribution in [0, 0.1) is 0 Å². The van der Waals surface area contributed by atoms with Gasteiger partial charge in [0.1, 0.15) is 0 Å².